The van der Waals surface area contributed by atoms with Crippen LogP contribution in [0.3, 0.4) is 0 Å². The van der Waals surface area contributed by atoms with Gasteiger partial charge in [0.2, 0.25) is 0 Å². The van der Waals surface area contributed by atoms with Gasteiger partial charge in [-0.15, -0.1) is 10.2 Å². The van der Waals surface area contributed by atoms with Crippen molar-refractivity contribution in [3.8, 4) is 22.8 Å². The number of aromatic hydroxyl groups is 1. The van der Waals surface area contributed by atoms with Gasteiger partial charge in [-0.3, -0.25) is 0 Å². The molecule has 0 bridgehead atoms. The summed E-state index contributed by atoms with van der Waals surface area (Å²) in [6.07, 6.45) is 6.78. The second-order valence-electron chi connectivity index (χ2n) is 6.31. The quantitative estimate of drug-likeness (QED) is 0.490. The molecule has 6 nitrogen and oxygen atoms in total. The van der Waals surface area contributed by atoms with E-state index < -0.39 is 0 Å². The molecule has 6 heteroatoms. The fraction of sp³-hybridized carbons (Fsp3) is 0.375. The van der Waals surface area contributed by atoms with Gasteiger partial charge in [0.15, 0.2) is 5.75 Å². The van der Waals surface area contributed by atoms with E-state index in [9.17, 15) is 0 Å². The molecule has 0 saturated heterocycles. The first-order valence-corrected chi connectivity index (χ1v) is 10.3. The molecular formula is C24H33N3O3. The Morgan fingerprint density at radius 2 is 1.53 bits per heavy atom. The topological polar surface area (TPSA) is 77.4 Å². The van der Waals surface area contributed by atoms with E-state index in [1.165, 1.54) is 25.7 Å². The highest BCUT2D eigenvalue weighted by molar-refractivity contribution is 5.64. The van der Waals surface area contributed by atoms with Crippen LogP contribution in [-0.2, 0) is 4.74 Å². The molecule has 30 heavy (non-hydrogen) atoms. The molecule has 1 heterocycles. The molecule has 1 N–H and O–H groups in total. The number of hydrogen-bond donors (Lipinski definition) is 1. The summed E-state index contributed by atoms with van der Waals surface area (Å²) in [6.45, 7) is 6.09. The Labute approximate surface area is 179 Å². The number of aromatic nitrogens is 3. The molecule has 0 aliphatic rings. The molecule has 0 aliphatic heterocycles. The van der Waals surface area contributed by atoms with Crippen LogP contribution in [-0.4, -0.2) is 40.8 Å². The smallest absolute Gasteiger partial charge is 0.167 e. The molecular weight excluding hydrogens is 378 g/mol. The minimum absolute atomic E-state index is 0.322. The summed E-state index contributed by atoms with van der Waals surface area (Å²) in [5.41, 5.74) is 1.68. The van der Waals surface area contributed by atoms with Gasteiger partial charge in [-0.05, 0) is 30.7 Å². The minimum atomic E-state index is 0.322. The highest BCUT2D eigenvalue weighted by atomic mass is 16.5. The van der Waals surface area contributed by atoms with Crippen molar-refractivity contribution in [2.75, 3.05) is 20.3 Å². The third-order valence-electron chi connectivity index (χ3n) is 3.97. The molecule has 0 unspecified atom stereocenters. The number of unbranched alkanes of at least 4 members (excludes halogenated alkanes) is 3. The van der Waals surface area contributed by atoms with Crippen LogP contribution in [0.1, 0.15) is 39.5 Å². The number of rotatable bonds is 8. The standard InChI is InChI=1S/C10H9N3O.C8H18O.C6H6O/c1-14-9-7-11-13-12-10(9)8-5-3-2-4-6-8;1-3-5-6-7-8-9-4-2;7-6-4-2-1-3-5-6/h2-7H,1H3;3-8H2,1-2H3;1-5,7H. The van der Waals surface area contributed by atoms with Gasteiger partial charge in [0.1, 0.15) is 11.4 Å². The summed E-state index contributed by atoms with van der Waals surface area (Å²) >= 11 is 0. The fourth-order valence-corrected chi connectivity index (χ4v) is 2.41. The van der Waals surface area contributed by atoms with E-state index in [0.29, 0.717) is 17.2 Å². The van der Waals surface area contributed by atoms with Gasteiger partial charge < -0.3 is 14.6 Å². The van der Waals surface area contributed by atoms with Crippen LogP contribution in [0.2, 0.25) is 0 Å². The lowest BCUT2D eigenvalue weighted by Crippen LogP contribution is -1.95. The summed E-state index contributed by atoms with van der Waals surface area (Å²) in [5.74, 6) is 0.953. The van der Waals surface area contributed by atoms with Crippen molar-refractivity contribution in [3.63, 3.8) is 0 Å². The third kappa shape index (κ3) is 11.1. The SMILES string of the molecule is CCCCCCOCC.COc1cnnnc1-c1ccccc1.Oc1ccccc1. The zero-order valence-electron chi connectivity index (χ0n) is 18.2. The Bertz CT molecular complexity index is 765. The summed E-state index contributed by atoms with van der Waals surface area (Å²) in [6, 6.07) is 18.4. The maximum atomic E-state index is 8.63. The van der Waals surface area contributed by atoms with Crippen LogP contribution in [0.25, 0.3) is 11.3 Å². The largest absolute Gasteiger partial charge is 0.508 e. The van der Waals surface area contributed by atoms with E-state index in [1.807, 2.05) is 43.3 Å². The van der Waals surface area contributed by atoms with Gasteiger partial charge in [-0.25, -0.2) is 0 Å². The Morgan fingerprint density at radius 3 is 2.07 bits per heavy atom. The molecule has 3 rings (SSSR count). The molecule has 0 saturated carbocycles. The number of hydrogen-bond acceptors (Lipinski definition) is 6. The van der Waals surface area contributed by atoms with Crippen LogP contribution in [0.4, 0.5) is 0 Å². The first-order valence-electron chi connectivity index (χ1n) is 10.3. The molecule has 1 aromatic heterocycles. The highest BCUT2D eigenvalue weighted by Gasteiger charge is 2.06. The van der Waals surface area contributed by atoms with Crippen LogP contribution < -0.4 is 4.74 Å². The number of nitrogens with zero attached hydrogens (tertiary/aromatic N) is 3. The second kappa shape index (κ2) is 16.9. The van der Waals surface area contributed by atoms with E-state index >= 15 is 0 Å². The lowest BCUT2D eigenvalue weighted by atomic mass is 10.1. The molecule has 0 radical (unpaired) electrons. The average molecular weight is 412 g/mol. The number of ether oxygens (including phenoxy) is 2. The average Bonchev–Trinajstić information content (AvgIpc) is 2.81. The zero-order chi connectivity index (χ0) is 21.9. The molecule has 3 aromatic rings. The lowest BCUT2D eigenvalue weighted by molar-refractivity contribution is 0.143. The van der Waals surface area contributed by atoms with Crippen molar-refractivity contribution < 1.29 is 14.6 Å². The lowest BCUT2D eigenvalue weighted by Gasteiger charge is -2.04. The van der Waals surface area contributed by atoms with Crippen molar-refractivity contribution in [2.45, 2.75) is 39.5 Å². The van der Waals surface area contributed by atoms with Crippen molar-refractivity contribution in [1.29, 1.82) is 0 Å². The van der Waals surface area contributed by atoms with Gasteiger partial charge in [0.05, 0.1) is 13.3 Å². The summed E-state index contributed by atoms with van der Waals surface area (Å²) in [5, 5.41) is 19.8. The Morgan fingerprint density at radius 1 is 0.867 bits per heavy atom. The van der Waals surface area contributed by atoms with Crippen molar-refractivity contribution in [3.05, 3.63) is 66.9 Å². The number of phenols is 1. The van der Waals surface area contributed by atoms with Gasteiger partial charge in [0.25, 0.3) is 0 Å². The molecule has 0 aliphatic carbocycles. The molecule has 0 spiro atoms. The molecule has 0 fully saturated rings. The Balaban J connectivity index is 0.000000243. The van der Waals surface area contributed by atoms with Crippen LogP contribution in [0, 0.1) is 0 Å². The summed E-state index contributed by atoms with van der Waals surface area (Å²) in [7, 11) is 1.59. The Kier molecular flexibility index (Phi) is 14.1. The van der Waals surface area contributed by atoms with Gasteiger partial charge in [-0.1, -0.05) is 74.7 Å². The number of phenolic OH excluding ortho intramolecular Hbond substituents is 1. The van der Waals surface area contributed by atoms with Gasteiger partial charge >= 0.3 is 0 Å². The number of benzene rings is 2. The van der Waals surface area contributed by atoms with E-state index in [-0.39, 0.29) is 0 Å². The van der Waals surface area contributed by atoms with Crippen LogP contribution in [0.15, 0.2) is 66.9 Å². The normalized spacial score (nSPS) is 9.57. The fourth-order valence-electron chi connectivity index (χ4n) is 2.41. The van der Waals surface area contributed by atoms with Crippen LogP contribution in [0.5, 0.6) is 11.5 Å². The van der Waals surface area contributed by atoms with E-state index in [1.54, 1.807) is 37.6 Å². The van der Waals surface area contributed by atoms with E-state index in [0.717, 1.165) is 18.8 Å². The first kappa shape index (κ1) is 25.0. The molecule has 0 atom stereocenters. The highest BCUT2D eigenvalue weighted by Crippen LogP contribution is 2.24. The maximum Gasteiger partial charge on any atom is 0.167 e. The monoisotopic (exact) mass is 411 g/mol. The van der Waals surface area contributed by atoms with E-state index in [4.69, 9.17) is 14.6 Å². The van der Waals surface area contributed by atoms with Crippen molar-refractivity contribution >= 4 is 0 Å². The second-order valence-corrected chi connectivity index (χ2v) is 6.31. The first-order chi connectivity index (χ1) is 14.7. The maximum absolute atomic E-state index is 8.63. The zero-order valence-corrected chi connectivity index (χ0v) is 18.2. The Hall–Kier alpha value is -2.99. The third-order valence-corrected chi connectivity index (χ3v) is 3.97. The number of para-hydroxylation sites is 1. The predicted octanol–water partition coefficient (Wildman–Crippen LogP) is 5.54. The minimum Gasteiger partial charge on any atom is -0.508 e. The molecule has 162 valence electrons. The van der Waals surface area contributed by atoms with Crippen molar-refractivity contribution in [1.82, 2.24) is 15.4 Å². The molecule has 2 aromatic carbocycles. The van der Waals surface area contributed by atoms with E-state index in [2.05, 4.69) is 22.3 Å². The van der Waals surface area contributed by atoms with Crippen LogP contribution >= 0.6 is 0 Å². The van der Waals surface area contributed by atoms with Gasteiger partial charge in [0, 0.05) is 18.8 Å². The molecule has 0 amide bonds. The summed E-state index contributed by atoms with van der Waals surface area (Å²) in [4.78, 5) is 0. The summed E-state index contributed by atoms with van der Waals surface area (Å²) < 4.78 is 10.3. The predicted molar refractivity (Wildman–Crippen MR) is 121 cm³/mol. The van der Waals surface area contributed by atoms with Gasteiger partial charge in [-0.2, -0.15) is 0 Å². The number of methoxy groups -OCH3 is 1. The van der Waals surface area contributed by atoms with Crippen molar-refractivity contribution in [2.24, 2.45) is 0 Å².